The van der Waals surface area contributed by atoms with E-state index in [9.17, 15) is 13.2 Å². The standard InChI is InChI=1S/C15H23N3O3S/c1-17(2)14-7-5-6-13(12-14)15(19)16-8-10-18-9-3-4-11-22(18,20)21/h5-7,12H,3-4,8-11H2,1-2H3,(H,16,19). The molecule has 1 heterocycles. The molecule has 1 aliphatic heterocycles. The van der Waals surface area contributed by atoms with Gasteiger partial charge in [-0.3, -0.25) is 4.79 Å². The smallest absolute Gasteiger partial charge is 0.251 e. The highest BCUT2D eigenvalue weighted by Crippen LogP contribution is 2.14. The predicted molar refractivity (Wildman–Crippen MR) is 87.7 cm³/mol. The molecular weight excluding hydrogens is 302 g/mol. The maximum absolute atomic E-state index is 12.1. The molecule has 0 bridgehead atoms. The lowest BCUT2D eigenvalue weighted by atomic mass is 10.2. The van der Waals surface area contributed by atoms with Crippen molar-refractivity contribution in [2.75, 3.05) is 44.4 Å². The van der Waals surface area contributed by atoms with Gasteiger partial charge in [-0.25, -0.2) is 12.7 Å². The molecule has 6 nitrogen and oxygen atoms in total. The monoisotopic (exact) mass is 325 g/mol. The van der Waals surface area contributed by atoms with Crippen molar-refractivity contribution in [3.05, 3.63) is 29.8 Å². The molecule has 7 heteroatoms. The average Bonchev–Trinajstić information content (AvgIpc) is 2.48. The topological polar surface area (TPSA) is 69.7 Å². The Morgan fingerprint density at radius 2 is 2.09 bits per heavy atom. The highest BCUT2D eigenvalue weighted by atomic mass is 32.2. The Morgan fingerprint density at radius 3 is 2.77 bits per heavy atom. The summed E-state index contributed by atoms with van der Waals surface area (Å²) < 4.78 is 25.2. The van der Waals surface area contributed by atoms with Gasteiger partial charge in [0.25, 0.3) is 5.91 Å². The van der Waals surface area contributed by atoms with E-state index in [1.54, 1.807) is 6.07 Å². The van der Waals surface area contributed by atoms with E-state index in [-0.39, 0.29) is 11.7 Å². The second-order valence-corrected chi connectivity index (χ2v) is 7.71. The van der Waals surface area contributed by atoms with Crippen LogP contribution in [-0.4, -0.2) is 58.1 Å². The molecule has 2 rings (SSSR count). The first-order valence-corrected chi connectivity index (χ1v) is 9.04. The molecular formula is C15H23N3O3S. The molecule has 1 N–H and O–H groups in total. The van der Waals surface area contributed by atoms with Gasteiger partial charge in [0.2, 0.25) is 10.0 Å². The first kappa shape index (κ1) is 16.8. The van der Waals surface area contributed by atoms with Gasteiger partial charge in [-0.15, -0.1) is 0 Å². The van der Waals surface area contributed by atoms with Crippen LogP contribution in [-0.2, 0) is 10.0 Å². The normalized spacial score (nSPS) is 17.9. The van der Waals surface area contributed by atoms with Gasteiger partial charge >= 0.3 is 0 Å². The van der Waals surface area contributed by atoms with E-state index in [2.05, 4.69) is 5.32 Å². The Hall–Kier alpha value is -1.60. The lowest BCUT2D eigenvalue weighted by molar-refractivity contribution is 0.0951. The summed E-state index contributed by atoms with van der Waals surface area (Å²) in [6.07, 6.45) is 1.61. The fourth-order valence-electron chi connectivity index (χ4n) is 2.41. The van der Waals surface area contributed by atoms with E-state index in [4.69, 9.17) is 0 Å². The van der Waals surface area contributed by atoms with Crippen molar-refractivity contribution in [2.45, 2.75) is 12.8 Å². The number of carbonyl (C=O) groups excluding carboxylic acids is 1. The Balaban J connectivity index is 1.89. The number of hydrogen-bond acceptors (Lipinski definition) is 4. The lowest BCUT2D eigenvalue weighted by Gasteiger charge is -2.26. The molecule has 122 valence electrons. The zero-order valence-corrected chi connectivity index (χ0v) is 13.9. The summed E-state index contributed by atoms with van der Waals surface area (Å²) in [6.45, 7) is 1.21. The van der Waals surface area contributed by atoms with Crippen molar-refractivity contribution in [3.63, 3.8) is 0 Å². The molecule has 0 spiro atoms. The fraction of sp³-hybridized carbons (Fsp3) is 0.533. The van der Waals surface area contributed by atoms with E-state index in [0.29, 0.717) is 25.2 Å². The molecule has 0 saturated carbocycles. The highest BCUT2D eigenvalue weighted by molar-refractivity contribution is 7.89. The summed E-state index contributed by atoms with van der Waals surface area (Å²) in [5.41, 5.74) is 1.53. The number of sulfonamides is 1. The molecule has 0 radical (unpaired) electrons. The summed E-state index contributed by atoms with van der Waals surface area (Å²) in [5.74, 6) is 0.0318. The molecule has 1 amide bonds. The van der Waals surface area contributed by atoms with Gasteiger partial charge in [0.15, 0.2) is 0 Å². The molecule has 0 unspecified atom stereocenters. The van der Waals surface area contributed by atoms with Crippen LogP contribution in [0.1, 0.15) is 23.2 Å². The first-order valence-electron chi connectivity index (χ1n) is 7.43. The van der Waals surface area contributed by atoms with E-state index in [1.807, 2.05) is 37.2 Å². The van der Waals surface area contributed by atoms with Gasteiger partial charge in [0.05, 0.1) is 5.75 Å². The third kappa shape index (κ3) is 4.20. The number of amides is 1. The molecule has 22 heavy (non-hydrogen) atoms. The number of rotatable bonds is 5. The minimum Gasteiger partial charge on any atom is -0.378 e. The summed E-state index contributed by atoms with van der Waals surface area (Å²) >= 11 is 0. The van der Waals surface area contributed by atoms with Crippen LogP contribution >= 0.6 is 0 Å². The SMILES string of the molecule is CN(C)c1cccc(C(=O)NCCN2CCCCS2(=O)=O)c1. The largest absolute Gasteiger partial charge is 0.378 e. The van der Waals surface area contributed by atoms with Crippen molar-refractivity contribution >= 4 is 21.6 Å². The number of anilines is 1. The Morgan fingerprint density at radius 1 is 1.32 bits per heavy atom. The first-order chi connectivity index (χ1) is 10.4. The van der Waals surface area contributed by atoms with Crippen LogP contribution in [0.3, 0.4) is 0 Å². The average molecular weight is 325 g/mol. The lowest BCUT2D eigenvalue weighted by Crippen LogP contribution is -2.42. The fourth-order valence-corrected chi connectivity index (χ4v) is 4.02. The van der Waals surface area contributed by atoms with Crippen LogP contribution in [0.2, 0.25) is 0 Å². The van der Waals surface area contributed by atoms with E-state index in [1.165, 1.54) is 4.31 Å². The zero-order valence-electron chi connectivity index (χ0n) is 13.1. The van der Waals surface area contributed by atoms with Crippen LogP contribution in [0.15, 0.2) is 24.3 Å². The van der Waals surface area contributed by atoms with Crippen molar-refractivity contribution in [1.29, 1.82) is 0 Å². The van der Waals surface area contributed by atoms with Gasteiger partial charge in [0, 0.05) is 45.0 Å². The predicted octanol–water partition coefficient (Wildman–Crippen LogP) is 0.908. The number of nitrogens with zero attached hydrogens (tertiary/aromatic N) is 2. The van der Waals surface area contributed by atoms with Crippen LogP contribution in [0, 0.1) is 0 Å². The maximum atomic E-state index is 12.1. The molecule has 1 fully saturated rings. The van der Waals surface area contributed by atoms with Gasteiger partial charge in [-0.1, -0.05) is 6.07 Å². The molecule has 1 aromatic rings. The third-order valence-electron chi connectivity index (χ3n) is 3.72. The van der Waals surface area contributed by atoms with Crippen LogP contribution < -0.4 is 10.2 Å². The minimum absolute atomic E-state index is 0.182. The van der Waals surface area contributed by atoms with Crippen LogP contribution in [0.4, 0.5) is 5.69 Å². The second-order valence-electron chi connectivity index (χ2n) is 5.62. The van der Waals surface area contributed by atoms with Crippen molar-refractivity contribution in [2.24, 2.45) is 0 Å². The van der Waals surface area contributed by atoms with E-state index < -0.39 is 10.0 Å². The van der Waals surface area contributed by atoms with Gasteiger partial charge < -0.3 is 10.2 Å². The van der Waals surface area contributed by atoms with Crippen molar-refractivity contribution in [1.82, 2.24) is 9.62 Å². The summed E-state index contributed by atoms with van der Waals surface area (Å²) in [6, 6.07) is 7.32. The summed E-state index contributed by atoms with van der Waals surface area (Å²) in [4.78, 5) is 14.1. The van der Waals surface area contributed by atoms with Crippen molar-refractivity contribution < 1.29 is 13.2 Å². The summed E-state index contributed by atoms with van der Waals surface area (Å²) in [7, 11) is 0.701. The molecule has 1 aliphatic rings. The van der Waals surface area contributed by atoms with E-state index in [0.717, 1.165) is 18.5 Å². The third-order valence-corrected chi connectivity index (χ3v) is 5.68. The molecule has 0 aromatic heterocycles. The highest BCUT2D eigenvalue weighted by Gasteiger charge is 2.25. The van der Waals surface area contributed by atoms with E-state index >= 15 is 0 Å². The number of carbonyl (C=O) groups is 1. The van der Waals surface area contributed by atoms with Gasteiger partial charge in [-0.05, 0) is 31.0 Å². The van der Waals surface area contributed by atoms with Crippen LogP contribution in [0.5, 0.6) is 0 Å². The molecule has 0 atom stereocenters. The zero-order chi connectivity index (χ0) is 16.2. The Bertz CT molecular complexity index is 629. The molecule has 1 aromatic carbocycles. The number of hydrogen-bond donors (Lipinski definition) is 1. The van der Waals surface area contributed by atoms with Crippen molar-refractivity contribution in [3.8, 4) is 0 Å². The quantitative estimate of drug-likeness (QED) is 0.873. The maximum Gasteiger partial charge on any atom is 0.251 e. The number of benzene rings is 1. The van der Waals surface area contributed by atoms with Gasteiger partial charge in [0.1, 0.15) is 0 Å². The minimum atomic E-state index is -3.13. The second kappa shape index (κ2) is 7.11. The van der Waals surface area contributed by atoms with Gasteiger partial charge in [-0.2, -0.15) is 0 Å². The molecule has 0 aliphatic carbocycles. The molecule has 1 saturated heterocycles. The number of nitrogens with one attached hydrogen (secondary N) is 1. The summed E-state index contributed by atoms with van der Waals surface area (Å²) in [5, 5.41) is 2.79. The Labute approximate surface area is 132 Å². The van der Waals surface area contributed by atoms with Crippen LogP contribution in [0.25, 0.3) is 0 Å². The Kier molecular flexibility index (Phi) is 5.42.